The topological polar surface area (TPSA) is 67.9 Å². The van der Waals surface area contributed by atoms with E-state index >= 15 is 0 Å². The van der Waals surface area contributed by atoms with Gasteiger partial charge in [-0.25, -0.2) is 4.79 Å². The first-order chi connectivity index (χ1) is 10.2. The van der Waals surface area contributed by atoms with Crippen LogP contribution in [0.3, 0.4) is 0 Å². The second-order valence-corrected chi connectivity index (χ2v) is 5.61. The normalized spacial score (nSPS) is 23.9. The van der Waals surface area contributed by atoms with E-state index in [1.54, 1.807) is 11.8 Å². The molecule has 0 spiro atoms. The number of carbonyl (C=O) groups is 2. The zero-order valence-electron chi connectivity index (χ0n) is 12.8. The molecular weight excluding hydrogens is 272 g/mol. The first-order valence-electron chi connectivity index (χ1n) is 8.00. The highest BCUT2D eigenvalue weighted by Gasteiger charge is 2.33. The van der Waals surface area contributed by atoms with Crippen molar-refractivity contribution in [2.24, 2.45) is 0 Å². The van der Waals surface area contributed by atoms with Crippen LogP contribution in [0.5, 0.6) is 0 Å². The molecule has 6 heteroatoms. The van der Waals surface area contributed by atoms with Gasteiger partial charge in [0.25, 0.3) is 0 Å². The van der Waals surface area contributed by atoms with Crippen molar-refractivity contribution in [3.63, 3.8) is 0 Å². The Labute approximate surface area is 126 Å². The zero-order chi connectivity index (χ0) is 15.1. The van der Waals surface area contributed by atoms with Gasteiger partial charge in [-0.1, -0.05) is 0 Å². The number of nitrogens with one attached hydrogen (secondary N) is 1. The van der Waals surface area contributed by atoms with Crippen molar-refractivity contribution >= 4 is 11.9 Å². The highest BCUT2D eigenvalue weighted by molar-refractivity contribution is 5.85. The lowest BCUT2D eigenvalue weighted by molar-refractivity contribution is -0.159. The maximum absolute atomic E-state index is 12.3. The second-order valence-electron chi connectivity index (χ2n) is 5.61. The fourth-order valence-electron chi connectivity index (χ4n) is 2.95. The van der Waals surface area contributed by atoms with E-state index in [-0.39, 0.29) is 24.6 Å². The number of hydrogen-bond donors (Lipinski definition) is 1. The van der Waals surface area contributed by atoms with Crippen molar-refractivity contribution < 1.29 is 19.1 Å². The number of rotatable bonds is 5. The summed E-state index contributed by atoms with van der Waals surface area (Å²) in [4.78, 5) is 25.9. The number of piperidine rings is 2. The van der Waals surface area contributed by atoms with Gasteiger partial charge < -0.3 is 19.7 Å². The number of hydrogen-bond acceptors (Lipinski definition) is 5. The lowest BCUT2D eigenvalue weighted by Crippen LogP contribution is -2.50. The van der Waals surface area contributed by atoms with Gasteiger partial charge in [-0.2, -0.15) is 0 Å². The minimum absolute atomic E-state index is 0.0700. The fraction of sp³-hybridized carbons (Fsp3) is 0.867. The van der Waals surface area contributed by atoms with E-state index in [1.807, 2.05) is 0 Å². The molecule has 2 saturated heterocycles. The number of amides is 1. The number of likely N-dealkylation sites (tertiary alicyclic amines) is 1. The minimum Gasteiger partial charge on any atom is -0.464 e. The molecule has 0 aromatic heterocycles. The molecule has 2 heterocycles. The van der Waals surface area contributed by atoms with Crippen molar-refractivity contribution in [1.82, 2.24) is 10.2 Å². The van der Waals surface area contributed by atoms with Crippen molar-refractivity contribution in [1.29, 1.82) is 0 Å². The molecule has 120 valence electrons. The molecule has 1 unspecified atom stereocenters. The molecule has 0 saturated carbocycles. The quantitative estimate of drug-likeness (QED) is 0.757. The summed E-state index contributed by atoms with van der Waals surface area (Å²) in [6.07, 6.45) is 4.62. The molecule has 2 rings (SSSR count). The number of ether oxygens (including phenoxy) is 2. The minimum atomic E-state index is -0.428. The molecule has 2 aliphatic rings. The van der Waals surface area contributed by atoms with E-state index in [9.17, 15) is 9.59 Å². The molecule has 1 N–H and O–H groups in total. The Hall–Kier alpha value is -1.14. The first kappa shape index (κ1) is 16.2. The Morgan fingerprint density at radius 3 is 2.67 bits per heavy atom. The van der Waals surface area contributed by atoms with E-state index in [0.29, 0.717) is 19.6 Å². The van der Waals surface area contributed by atoms with E-state index in [0.717, 1.165) is 38.8 Å². The highest BCUT2D eigenvalue weighted by Crippen LogP contribution is 2.19. The molecule has 6 nitrogen and oxygen atoms in total. The van der Waals surface area contributed by atoms with Crippen LogP contribution in [-0.2, 0) is 19.1 Å². The van der Waals surface area contributed by atoms with Gasteiger partial charge in [0.05, 0.1) is 12.7 Å². The number of esters is 1. The van der Waals surface area contributed by atoms with Gasteiger partial charge in [0.15, 0.2) is 0 Å². The van der Waals surface area contributed by atoms with Crippen LogP contribution in [0.4, 0.5) is 0 Å². The van der Waals surface area contributed by atoms with Crippen molar-refractivity contribution in [3.8, 4) is 0 Å². The summed E-state index contributed by atoms with van der Waals surface area (Å²) in [7, 11) is 0. The van der Waals surface area contributed by atoms with E-state index in [1.165, 1.54) is 0 Å². The third-order valence-electron chi connectivity index (χ3n) is 4.11. The van der Waals surface area contributed by atoms with Crippen LogP contribution >= 0.6 is 0 Å². The van der Waals surface area contributed by atoms with Crippen LogP contribution in [0, 0.1) is 0 Å². The first-order valence-corrected chi connectivity index (χ1v) is 8.00. The molecule has 0 bridgehead atoms. The average Bonchev–Trinajstić information content (AvgIpc) is 2.54. The molecule has 2 aliphatic heterocycles. The predicted molar refractivity (Wildman–Crippen MR) is 77.8 cm³/mol. The third kappa shape index (κ3) is 4.68. The second kappa shape index (κ2) is 8.34. The molecule has 2 fully saturated rings. The summed E-state index contributed by atoms with van der Waals surface area (Å²) >= 11 is 0. The molecule has 0 aromatic rings. The molecule has 0 aromatic carbocycles. The Balaban J connectivity index is 1.84. The zero-order valence-corrected chi connectivity index (χ0v) is 12.8. The Bertz CT molecular complexity index is 356. The van der Waals surface area contributed by atoms with Gasteiger partial charge in [-0.05, 0) is 52.1 Å². The van der Waals surface area contributed by atoms with Crippen LogP contribution in [0.2, 0.25) is 0 Å². The third-order valence-corrected chi connectivity index (χ3v) is 4.11. The summed E-state index contributed by atoms with van der Waals surface area (Å²) in [6.45, 7) is 4.70. The average molecular weight is 298 g/mol. The van der Waals surface area contributed by atoms with Crippen LogP contribution in [0.1, 0.15) is 39.0 Å². The van der Waals surface area contributed by atoms with E-state index < -0.39 is 6.04 Å². The Kier molecular flexibility index (Phi) is 6.45. The monoisotopic (exact) mass is 298 g/mol. The van der Waals surface area contributed by atoms with Crippen molar-refractivity contribution in [3.05, 3.63) is 0 Å². The van der Waals surface area contributed by atoms with Gasteiger partial charge in [0.1, 0.15) is 12.6 Å². The molecule has 21 heavy (non-hydrogen) atoms. The van der Waals surface area contributed by atoms with Crippen molar-refractivity contribution in [2.75, 3.05) is 32.8 Å². The van der Waals surface area contributed by atoms with Crippen LogP contribution in [0.25, 0.3) is 0 Å². The number of carbonyl (C=O) groups excluding carboxylic acids is 2. The summed E-state index contributed by atoms with van der Waals surface area (Å²) in [5.41, 5.74) is 0. The lowest BCUT2D eigenvalue weighted by atomic mass is 10.0. The lowest BCUT2D eigenvalue weighted by Gasteiger charge is -2.34. The summed E-state index contributed by atoms with van der Waals surface area (Å²) in [5, 5.41) is 3.27. The van der Waals surface area contributed by atoms with Gasteiger partial charge in [0.2, 0.25) is 5.91 Å². The molecule has 0 aliphatic carbocycles. The van der Waals surface area contributed by atoms with Crippen LogP contribution in [-0.4, -0.2) is 61.8 Å². The standard InChI is InChI=1S/C15H26N2O4/c1-2-20-15(19)13-5-3-4-10-17(13)14(18)11-21-12-6-8-16-9-7-12/h12-13,16H,2-11H2,1H3. The highest BCUT2D eigenvalue weighted by atomic mass is 16.5. The molecule has 1 atom stereocenters. The van der Waals surface area contributed by atoms with Crippen LogP contribution in [0.15, 0.2) is 0 Å². The summed E-state index contributed by atoms with van der Waals surface area (Å²) in [5.74, 6) is -0.376. The molecule has 0 radical (unpaired) electrons. The number of nitrogens with zero attached hydrogens (tertiary/aromatic N) is 1. The Morgan fingerprint density at radius 1 is 1.19 bits per heavy atom. The van der Waals surface area contributed by atoms with Gasteiger partial charge in [-0.15, -0.1) is 0 Å². The molecular formula is C15H26N2O4. The van der Waals surface area contributed by atoms with Crippen LogP contribution < -0.4 is 5.32 Å². The summed E-state index contributed by atoms with van der Waals surface area (Å²) < 4.78 is 10.8. The predicted octanol–water partition coefficient (Wildman–Crippen LogP) is 0.699. The van der Waals surface area contributed by atoms with Gasteiger partial charge in [-0.3, -0.25) is 4.79 Å². The largest absolute Gasteiger partial charge is 0.464 e. The van der Waals surface area contributed by atoms with E-state index in [2.05, 4.69) is 5.32 Å². The molecule has 1 amide bonds. The van der Waals surface area contributed by atoms with E-state index in [4.69, 9.17) is 9.47 Å². The smallest absolute Gasteiger partial charge is 0.328 e. The van der Waals surface area contributed by atoms with Gasteiger partial charge >= 0.3 is 5.97 Å². The maximum atomic E-state index is 12.3. The fourth-order valence-corrected chi connectivity index (χ4v) is 2.95. The SMILES string of the molecule is CCOC(=O)C1CCCCN1C(=O)COC1CCNCC1. The Morgan fingerprint density at radius 2 is 1.95 bits per heavy atom. The summed E-state index contributed by atoms with van der Waals surface area (Å²) in [6, 6.07) is -0.428. The van der Waals surface area contributed by atoms with Crippen molar-refractivity contribution in [2.45, 2.75) is 51.2 Å². The van der Waals surface area contributed by atoms with Gasteiger partial charge in [0, 0.05) is 6.54 Å². The maximum Gasteiger partial charge on any atom is 0.328 e.